The number of rotatable bonds is 0. The predicted octanol–water partition coefficient (Wildman–Crippen LogP) is -2.30. The summed E-state index contributed by atoms with van der Waals surface area (Å²) in [4.78, 5) is 0. The van der Waals surface area contributed by atoms with E-state index in [1.54, 1.807) is 5.20 Å². The van der Waals surface area contributed by atoms with Gasteiger partial charge in [0.1, 0.15) is 0 Å². The summed E-state index contributed by atoms with van der Waals surface area (Å²) in [6.45, 7) is 2.16. The molecule has 0 aliphatic heterocycles. The Morgan fingerprint density at radius 1 is 1.75 bits per heavy atom. The fraction of sp³-hybridized carbons (Fsp3) is 0.333. The van der Waals surface area contributed by atoms with Crippen molar-refractivity contribution in [1.82, 2.24) is 0 Å². The Kier molecular flexibility index (Phi) is 3.99. The molecular formula is C6H11NaSi. The van der Waals surface area contributed by atoms with Gasteiger partial charge in [0.2, 0.25) is 0 Å². The van der Waals surface area contributed by atoms with Crippen molar-refractivity contribution in [2.24, 2.45) is 0 Å². The van der Waals surface area contributed by atoms with E-state index in [1.165, 1.54) is 22.2 Å². The van der Waals surface area contributed by atoms with Crippen molar-refractivity contribution < 1.29 is 31.0 Å². The van der Waals surface area contributed by atoms with E-state index in [1.807, 2.05) is 0 Å². The largest absolute Gasteiger partial charge is 1.00 e. The molecule has 0 amide bonds. The normalized spacial score (nSPS) is 17.1. The van der Waals surface area contributed by atoms with Gasteiger partial charge in [0.25, 0.3) is 0 Å². The second-order valence-electron chi connectivity index (χ2n) is 2.14. The Bertz CT molecular complexity index is 140. The summed E-state index contributed by atoms with van der Waals surface area (Å²) in [5.41, 5.74) is 1.45. The molecule has 1 aliphatic carbocycles. The molecule has 0 saturated heterocycles. The number of hydrogen-bond acceptors (Lipinski definition) is 0. The third kappa shape index (κ3) is 2.31. The van der Waals surface area contributed by atoms with Crippen molar-refractivity contribution in [2.75, 3.05) is 0 Å². The van der Waals surface area contributed by atoms with Gasteiger partial charge in [-0.25, -0.2) is 0 Å². The van der Waals surface area contributed by atoms with Crippen LogP contribution in [0.4, 0.5) is 0 Å². The molecule has 0 bridgehead atoms. The van der Waals surface area contributed by atoms with E-state index < -0.39 is 0 Å². The maximum Gasteiger partial charge on any atom is 1.00 e. The van der Waals surface area contributed by atoms with Gasteiger partial charge >= 0.3 is 29.6 Å². The van der Waals surface area contributed by atoms with Crippen LogP contribution < -0.4 is 29.6 Å². The minimum absolute atomic E-state index is 0. The van der Waals surface area contributed by atoms with Gasteiger partial charge in [-0.3, -0.25) is 0 Å². The molecule has 40 valence electrons. The Labute approximate surface area is 77.2 Å². The van der Waals surface area contributed by atoms with Crippen molar-refractivity contribution in [3.8, 4) is 0 Å². The van der Waals surface area contributed by atoms with Crippen LogP contribution in [0.15, 0.2) is 22.9 Å². The molecule has 0 unspecified atom stereocenters. The number of hydrogen-bond donors (Lipinski definition) is 0. The van der Waals surface area contributed by atoms with E-state index in [4.69, 9.17) is 0 Å². The van der Waals surface area contributed by atoms with E-state index in [0.717, 1.165) is 0 Å². The molecule has 0 radical (unpaired) electrons. The standard InChI is InChI=1S/C6H10Si.Na.H/c1-5-2-3-6(7)4-5;;/h2,4H,3H2,1,7H3;;/q;+1;-1. The summed E-state index contributed by atoms with van der Waals surface area (Å²) in [6.07, 6.45) is 5.80. The molecule has 0 fully saturated rings. The molecule has 0 aromatic carbocycles. The zero-order valence-electron chi connectivity index (χ0n) is 6.86. The Morgan fingerprint density at radius 2 is 2.38 bits per heavy atom. The van der Waals surface area contributed by atoms with Gasteiger partial charge in [-0.05, 0) is 13.3 Å². The van der Waals surface area contributed by atoms with Gasteiger partial charge < -0.3 is 1.43 Å². The van der Waals surface area contributed by atoms with Crippen molar-refractivity contribution in [3.05, 3.63) is 22.9 Å². The van der Waals surface area contributed by atoms with Gasteiger partial charge in [0, 0.05) is 10.2 Å². The molecule has 1 rings (SSSR count). The molecule has 8 heavy (non-hydrogen) atoms. The Hall–Kier alpha value is 0.697. The van der Waals surface area contributed by atoms with Crippen LogP contribution in [0.3, 0.4) is 0 Å². The first-order chi connectivity index (χ1) is 3.29. The maximum atomic E-state index is 2.28. The van der Waals surface area contributed by atoms with E-state index in [2.05, 4.69) is 19.1 Å². The molecule has 0 N–H and O–H groups in total. The van der Waals surface area contributed by atoms with Gasteiger partial charge in [-0.1, -0.05) is 22.9 Å². The molecule has 1 aliphatic rings. The van der Waals surface area contributed by atoms with Gasteiger partial charge in [-0.15, -0.1) is 0 Å². The van der Waals surface area contributed by atoms with E-state index in [9.17, 15) is 0 Å². The molecule has 0 heterocycles. The van der Waals surface area contributed by atoms with E-state index in [-0.39, 0.29) is 31.0 Å². The average Bonchev–Trinajstić information content (AvgIpc) is 1.87. The van der Waals surface area contributed by atoms with Crippen LogP contribution in [0.2, 0.25) is 0 Å². The third-order valence-corrected chi connectivity index (χ3v) is 1.92. The van der Waals surface area contributed by atoms with E-state index in [0.29, 0.717) is 0 Å². The molecule has 2 heteroatoms. The third-order valence-electron chi connectivity index (χ3n) is 1.22. The Balaban J connectivity index is 0. The van der Waals surface area contributed by atoms with Crippen molar-refractivity contribution in [2.45, 2.75) is 13.3 Å². The molecule has 0 nitrogen and oxygen atoms in total. The summed E-state index contributed by atoms with van der Waals surface area (Å²) >= 11 is 0. The minimum atomic E-state index is 0. The number of allylic oxidation sites excluding steroid dienone is 4. The molecule has 0 atom stereocenters. The summed E-state index contributed by atoms with van der Waals surface area (Å²) in [5.74, 6) is 0. The van der Waals surface area contributed by atoms with Crippen LogP contribution >= 0.6 is 0 Å². The van der Waals surface area contributed by atoms with Crippen LogP contribution in [0.25, 0.3) is 0 Å². The van der Waals surface area contributed by atoms with Gasteiger partial charge in [-0.2, -0.15) is 0 Å². The second-order valence-corrected chi connectivity index (χ2v) is 3.43. The summed E-state index contributed by atoms with van der Waals surface area (Å²) in [5, 5.41) is 1.62. The van der Waals surface area contributed by atoms with E-state index >= 15 is 0 Å². The van der Waals surface area contributed by atoms with Crippen molar-refractivity contribution >= 4 is 10.2 Å². The van der Waals surface area contributed by atoms with Gasteiger partial charge in [0.15, 0.2) is 0 Å². The smallest absolute Gasteiger partial charge is 1.00 e. The maximum absolute atomic E-state index is 2.28. The molecular weight excluding hydrogens is 123 g/mol. The summed E-state index contributed by atoms with van der Waals surface area (Å²) in [7, 11) is 1.25. The van der Waals surface area contributed by atoms with Crippen LogP contribution in [-0.2, 0) is 0 Å². The van der Waals surface area contributed by atoms with Crippen LogP contribution in [0.1, 0.15) is 14.8 Å². The fourth-order valence-electron chi connectivity index (χ4n) is 0.828. The quantitative estimate of drug-likeness (QED) is 0.327. The van der Waals surface area contributed by atoms with Crippen LogP contribution in [0, 0.1) is 0 Å². The van der Waals surface area contributed by atoms with Crippen molar-refractivity contribution in [1.29, 1.82) is 0 Å². The van der Waals surface area contributed by atoms with Crippen LogP contribution in [-0.4, -0.2) is 10.2 Å². The zero-order valence-corrected chi connectivity index (χ0v) is 9.86. The molecule has 0 spiro atoms. The Morgan fingerprint density at radius 3 is 2.50 bits per heavy atom. The van der Waals surface area contributed by atoms with Gasteiger partial charge in [0.05, 0.1) is 0 Å². The summed E-state index contributed by atoms with van der Waals surface area (Å²) in [6, 6.07) is 0. The second kappa shape index (κ2) is 3.67. The minimum Gasteiger partial charge on any atom is -1.00 e. The molecule has 0 aromatic rings. The topological polar surface area (TPSA) is 0 Å². The van der Waals surface area contributed by atoms with Crippen LogP contribution in [0.5, 0.6) is 0 Å². The molecule has 0 saturated carbocycles. The molecule has 0 aromatic heterocycles. The summed E-state index contributed by atoms with van der Waals surface area (Å²) < 4.78 is 0. The first-order valence-electron chi connectivity index (χ1n) is 2.63. The zero-order chi connectivity index (χ0) is 5.28. The predicted molar refractivity (Wildman–Crippen MR) is 37.5 cm³/mol. The SMILES string of the molecule is CC1=CCC([SiH3])=C1.[H-].[Na+]. The monoisotopic (exact) mass is 134 g/mol. The fourth-order valence-corrected chi connectivity index (χ4v) is 1.49. The van der Waals surface area contributed by atoms with Crippen molar-refractivity contribution in [3.63, 3.8) is 0 Å². The first-order valence-corrected chi connectivity index (χ1v) is 3.63. The first kappa shape index (κ1) is 8.70. The average molecular weight is 134 g/mol.